The monoisotopic (exact) mass is 264 g/mol. The number of nitrogens with zero attached hydrogens (tertiary/aromatic N) is 1. The van der Waals surface area contributed by atoms with Crippen LogP contribution in [0.2, 0.25) is 0 Å². The van der Waals surface area contributed by atoms with Crippen molar-refractivity contribution in [1.29, 1.82) is 0 Å². The first kappa shape index (κ1) is 16.2. The van der Waals surface area contributed by atoms with Crippen molar-refractivity contribution in [3.8, 4) is 0 Å². The van der Waals surface area contributed by atoms with Crippen LogP contribution < -0.4 is 5.32 Å². The maximum Gasteiger partial charge on any atom is 0.0589 e. The summed E-state index contributed by atoms with van der Waals surface area (Å²) < 4.78 is 5.19. The van der Waals surface area contributed by atoms with Gasteiger partial charge < -0.3 is 10.1 Å². The zero-order chi connectivity index (χ0) is 14.1. The van der Waals surface area contributed by atoms with Gasteiger partial charge in [-0.1, -0.05) is 31.2 Å². The molecule has 0 spiro atoms. The van der Waals surface area contributed by atoms with Crippen molar-refractivity contribution in [2.75, 3.05) is 26.8 Å². The molecule has 0 aliphatic carbocycles. The molecule has 1 N–H and O–H groups in total. The van der Waals surface area contributed by atoms with Gasteiger partial charge >= 0.3 is 0 Å². The van der Waals surface area contributed by atoms with E-state index in [2.05, 4.69) is 55.3 Å². The van der Waals surface area contributed by atoms with Crippen LogP contribution in [0.5, 0.6) is 0 Å². The molecule has 0 bridgehead atoms. The lowest BCUT2D eigenvalue weighted by Gasteiger charge is -2.26. The van der Waals surface area contributed by atoms with E-state index in [-0.39, 0.29) is 0 Å². The van der Waals surface area contributed by atoms with Crippen molar-refractivity contribution >= 4 is 0 Å². The van der Waals surface area contributed by atoms with Crippen molar-refractivity contribution < 1.29 is 4.74 Å². The Bertz CT molecular complexity index is 352. The zero-order valence-electron chi connectivity index (χ0n) is 12.8. The Morgan fingerprint density at radius 2 is 2.00 bits per heavy atom. The van der Waals surface area contributed by atoms with Crippen molar-refractivity contribution in [3.05, 3.63) is 35.4 Å². The van der Waals surface area contributed by atoms with Gasteiger partial charge in [-0.3, -0.25) is 4.90 Å². The molecule has 0 fully saturated rings. The van der Waals surface area contributed by atoms with Crippen molar-refractivity contribution in [1.82, 2.24) is 10.2 Å². The van der Waals surface area contributed by atoms with Crippen LogP contribution in [0, 0.1) is 0 Å². The van der Waals surface area contributed by atoms with E-state index in [4.69, 9.17) is 4.74 Å². The Morgan fingerprint density at radius 3 is 2.63 bits per heavy atom. The summed E-state index contributed by atoms with van der Waals surface area (Å²) in [6.07, 6.45) is 0. The summed E-state index contributed by atoms with van der Waals surface area (Å²) in [6.45, 7) is 11.3. The molecule has 0 unspecified atom stereocenters. The highest BCUT2D eigenvalue weighted by Gasteiger charge is 2.09. The van der Waals surface area contributed by atoms with Gasteiger partial charge in [-0.25, -0.2) is 0 Å². The van der Waals surface area contributed by atoms with Crippen molar-refractivity contribution in [3.63, 3.8) is 0 Å². The average Bonchev–Trinajstić information content (AvgIpc) is 2.41. The molecule has 1 aromatic rings. The van der Waals surface area contributed by atoms with Crippen molar-refractivity contribution in [2.24, 2.45) is 0 Å². The molecule has 0 radical (unpaired) electrons. The molecule has 0 saturated carbocycles. The van der Waals surface area contributed by atoms with Gasteiger partial charge in [0.15, 0.2) is 0 Å². The minimum atomic E-state index is 0.535. The third-order valence-corrected chi connectivity index (χ3v) is 3.27. The van der Waals surface area contributed by atoms with Gasteiger partial charge in [0.2, 0.25) is 0 Å². The Kier molecular flexibility index (Phi) is 7.72. The second-order valence-electron chi connectivity index (χ2n) is 5.16. The molecule has 19 heavy (non-hydrogen) atoms. The van der Waals surface area contributed by atoms with Gasteiger partial charge in [0, 0.05) is 32.8 Å². The molecule has 0 saturated heterocycles. The summed E-state index contributed by atoms with van der Waals surface area (Å²) >= 11 is 0. The largest absolute Gasteiger partial charge is 0.383 e. The maximum atomic E-state index is 5.19. The fraction of sp³-hybridized carbons (Fsp3) is 0.625. The van der Waals surface area contributed by atoms with E-state index in [9.17, 15) is 0 Å². The SMILES string of the molecule is CCNCc1cccc(CN(CCOC)C(C)C)c1. The zero-order valence-corrected chi connectivity index (χ0v) is 12.8. The Labute approximate surface area is 118 Å². The minimum absolute atomic E-state index is 0.535. The molecule has 0 aromatic heterocycles. The number of nitrogens with one attached hydrogen (secondary N) is 1. The van der Waals surface area contributed by atoms with Crippen LogP contribution in [0.3, 0.4) is 0 Å². The molecule has 0 aliphatic rings. The smallest absolute Gasteiger partial charge is 0.0589 e. The first-order valence-corrected chi connectivity index (χ1v) is 7.18. The van der Waals surface area contributed by atoms with Crippen LogP contribution in [-0.2, 0) is 17.8 Å². The van der Waals surface area contributed by atoms with Gasteiger partial charge in [-0.2, -0.15) is 0 Å². The van der Waals surface area contributed by atoms with E-state index in [1.165, 1.54) is 11.1 Å². The van der Waals surface area contributed by atoms with Gasteiger partial charge in [0.05, 0.1) is 6.61 Å². The molecule has 1 rings (SSSR count). The molecular formula is C16H28N2O. The molecule has 108 valence electrons. The first-order valence-electron chi connectivity index (χ1n) is 7.18. The van der Waals surface area contributed by atoms with Crippen LogP contribution in [-0.4, -0.2) is 37.7 Å². The van der Waals surface area contributed by atoms with Gasteiger partial charge in [0.1, 0.15) is 0 Å². The highest BCUT2D eigenvalue weighted by atomic mass is 16.5. The fourth-order valence-corrected chi connectivity index (χ4v) is 2.07. The Balaban J connectivity index is 2.62. The maximum absolute atomic E-state index is 5.19. The van der Waals surface area contributed by atoms with Crippen molar-refractivity contribution in [2.45, 2.75) is 39.9 Å². The van der Waals surface area contributed by atoms with Crippen LogP contribution in [0.1, 0.15) is 31.9 Å². The number of methoxy groups -OCH3 is 1. The Hall–Kier alpha value is -0.900. The lowest BCUT2D eigenvalue weighted by atomic mass is 10.1. The summed E-state index contributed by atoms with van der Waals surface area (Å²) in [4.78, 5) is 2.44. The van der Waals surface area contributed by atoms with E-state index in [1.807, 2.05) is 0 Å². The van der Waals surface area contributed by atoms with Crippen LogP contribution in [0.4, 0.5) is 0 Å². The molecule has 0 aliphatic heterocycles. The van der Waals surface area contributed by atoms with Gasteiger partial charge in [-0.05, 0) is 31.5 Å². The predicted octanol–water partition coefficient (Wildman–Crippen LogP) is 2.65. The number of hydrogen-bond donors (Lipinski definition) is 1. The number of hydrogen-bond acceptors (Lipinski definition) is 3. The number of benzene rings is 1. The van der Waals surface area contributed by atoms with E-state index in [0.717, 1.165) is 32.8 Å². The third kappa shape index (κ3) is 6.19. The van der Waals surface area contributed by atoms with E-state index >= 15 is 0 Å². The van der Waals surface area contributed by atoms with E-state index in [1.54, 1.807) is 7.11 Å². The first-order chi connectivity index (χ1) is 9.17. The molecule has 0 amide bonds. The molecule has 3 nitrogen and oxygen atoms in total. The standard InChI is InChI=1S/C16H28N2O/c1-5-17-12-15-7-6-8-16(11-15)13-18(14(2)3)9-10-19-4/h6-8,11,14,17H,5,9-10,12-13H2,1-4H3. The summed E-state index contributed by atoms with van der Waals surface area (Å²) in [5.41, 5.74) is 2.73. The second kappa shape index (κ2) is 9.08. The van der Waals surface area contributed by atoms with Gasteiger partial charge in [-0.15, -0.1) is 0 Å². The highest BCUT2D eigenvalue weighted by Crippen LogP contribution is 2.10. The highest BCUT2D eigenvalue weighted by molar-refractivity contribution is 5.23. The fourth-order valence-electron chi connectivity index (χ4n) is 2.07. The Morgan fingerprint density at radius 1 is 1.26 bits per heavy atom. The summed E-state index contributed by atoms with van der Waals surface area (Å²) in [5, 5.41) is 3.37. The number of ether oxygens (including phenoxy) is 1. The van der Waals surface area contributed by atoms with E-state index < -0.39 is 0 Å². The van der Waals surface area contributed by atoms with Crippen LogP contribution >= 0.6 is 0 Å². The second-order valence-corrected chi connectivity index (χ2v) is 5.16. The lowest BCUT2D eigenvalue weighted by molar-refractivity contribution is 0.125. The summed E-state index contributed by atoms with van der Waals surface area (Å²) in [7, 11) is 1.76. The predicted molar refractivity (Wildman–Crippen MR) is 81.2 cm³/mol. The molecule has 0 heterocycles. The van der Waals surface area contributed by atoms with E-state index in [0.29, 0.717) is 6.04 Å². The quantitative estimate of drug-likeness (QED) is 0.742. The molecule has 0 atom stereocenters. The average molecular weight is 264 g/mol. The van der Waals surface area contributed by atoms with Crippen LogP contribution in [0.25, 0.3) is 0 Å². The third-order valence-electron chi connectivity index (χ3n) is 3.27. The molecular weight excluding hydrogens is 236 g/mol. The summed E-state index contributed by atoms with van der Waals surface area (Å²) in [5.74, 6) is 0. The topological polar surface area (TPSA) is 24.5 Å². The van der Waals surface area contributed by atoms with Gasteiger partial charge in [0.25, 0.3) is 0 Å². The van der Waals surface area contributed by atoms with Crippen LogP contribution in [0.15, 0.2) is 24.3 Å². The summed E-state index contributed by atoms with van der Waals surface area (Å²) in [6, 6.07) is 9.37. The number of rotatable bonds is 9. The molecule has 1 aromatic carbocycles. The molecule has 3 heteroatoms. The lowest BCUT2D eigenvalue weighted by Crippen LogP contribution is -2.33. The minimum Gasteiger partial charge on any atom is -0.383 e. The normalized spacial score (nSPS) is 11.5.